The maximum absolute atomic E-state index is 10.9. The third-order valence-electron chi connectivity index (χ3n) is 2.31. The van der Waals surface area contributed by atoms with E-state index in [9.17, 15) is 4.79 Å². The lowest BCUT2D eigenvalue weighted by molar-refractivity contribution is -0.145. The van der Waals surface area contributed by atoms with Crippen LogP contribution in [0.2, 0.25) is 0 Å². The van der Waals surface area contributed by atoms with Crippen molar-refractivity contribution in [2.24, 2.45) is 0 Å². The first-order valence-electron chi connectivity index (χ1n) is 4.79. The summed E-state index contributed by atoms with van der Waals surface area (Å²) in [5.41, 5.74) is 0. The van der Waals surface area contributed by atoms with Crippen LogP contribution in [-0.2, 0) is 14.3 Å². The van der Waals surface area contributed by atoms with Crippen LogP contribution in [0.1, 0.15) is 6.42 Å². The molecule has 0 aromatic carbocycles. The summed E-state index contributed by atoms with van der Waals surface area (Å²) in [6.07, 6.45) is 0.882. The van der Waals surface area contributed by atoms with E-state index < -0.39 is 12.0 Å². The van der Waals surface area contributed by atoms with Crippen LogP contribution in [0.25, 0.3) is 0 Å². The van der Waals surface area contributed by atoms with Gasteiger partial charge in [0.25, 0.3) is 0 Å². The lowest BCUT2D eigenvalue weighted by Crippen LogP contribution is -2.45. The second kappa shape index (κ2) is 5.95. The number of hydrogen-bond acceptors (Lipinski definition) is 4. The zero-order chi connectivity index (χ0) is 10.4. The van der Waals surface area contributed by atoms with Gasteiger partial charge in [-0.15, -0.1) is 0 Å². The van der Waals surface area contributed by atoms with Crippen molar-refractivity contribution in [2.75, 3.05) is 40.0 Å². The summed E-state index contributed by atoms with van der Waals surface area (Å²) in [5, 5.41) is 8.99. The molecule has 0 bridgehead atoms. The molecular formula is C9H17NO4. The van der Waals surface area contributed by atoms with Crippen LogP contribution in [-0.4, -0.2) is 62.0 Å². The number of carboxylic acids is 1. The molecule has 5 nitrogen and oxygen atoms in total. The zero-order valence-electron chi connectivity index (χ0n) is 8.44. The smallest absolute Gasteiger partial charge is 0.323 e. The molecule has 1 heterocycles. The molecule has 0 amide bonds. The largest absolute Gasteiger partial charge is 0.480 e. The number of carboxylic acid groups (broad SMARTS) is 1. The number of carbonyl (C=O) groups is 1. The van der Waals surface area contributed by atoms with Crippen molar-refractivity contribution in [3.63, 3.8) is 0 Å². The van der Waals surface area contributed by atoms with Gasteiger partial charge in [0.15, 0.2) is 0 Å². The van der Waals surface area contributed by atoms with Crippen molar-refractivity contribution in [1.82, 2.24) is 4.90 Å². The molecule has 0 aromatic heterocycles. The van der Waals surface area contributed by atoms with E-state index >= 15 is 0 Å². The molecule has 0 saturated carbocycles. The molecule has 1 rings (SSSR count). The van der Waals surface area contributed by atoms with Gasteiger partial charge in [-0.2, -0.15) is 0 Å². The molecule has 1 aliphatic heterocycles. The highest BCUT2D eigenvalue weighted by Gasteiger charge is 2.25. The monoisotopic (exact) mass is 203 g/mol. The molecular weight excluding hydrogens is 186 g/mol. The number of nitrogens with zero attached hydrogens (tertiary/aromatic N) is 1. The van der Waals surface area contributed by atoms with E-state index in [0.717, 1.165) is 19.6 Å². The van der Waals surface area contributed by atoms with E-state index in [2.05, 4.69) is 0 Å². The van der Waals surface area contributed by atoms with Crippen LogP contribution >= 0.6 is 0 Å². The van der Waals surface area contributed by atoms with Gasteiger partial charge in [-0.1, -0.05) is 0 Å². The third kappa shape index (κ3) is 3.25. The second-order valence-electron chi connectivity index (χ2n) is 3.31. The number of rotatable bonds is 4. The molecule has 0 spiro atoms. The van der Waals surface area contributed by atoms with Crippen LogP contribution in [0.4, 0.5) is 0 Å². The number of ether oxygens (including phenoxy) is 2. The molecule has 0 aliphatic carbocycles. The summed E-state index contributed by atoms with van der Waals surface area (Å²) in [6.45, 7) is 2.99. The van der Waals surface area contributed by atoms with Crippen molar-refractivity contribution >= 4 is 5.97 Å². The second-order valence-corrected chi connectivity index (χ2v) is 3.31. The molecule has 1 aliphatic rings. The average molecular weight is 203 g/mol. The minimum absolute atomic E-state index is 0.231. The lowest BCUT2D eigenvalue weighted by Gasteiger charge is -2.25. The van der Waals surface area contributed by atoms with Gasteiger partial charge in [0.05, 0.1) is 13.2 Å². The Balaban J connectivity index is 2.51. The van der Waals surface area contributed by atoms with E-state index in [1.165, 1.54) is 7.11 Å². The quantitative estimate of drug-likeness (QED) is 0.686. The van der Waals surface area contributed by atoms with Crippen molar-refractivity contribution in [3.05, 3.63) is 0 Å². The van der Waals surface area contributed by atoms with Gasteiger partial charge in [-0.3, -0.25) is 9.69 Å². The maximum atomic E-state index is 10.9. The lowest BCUT2D eigenvalue weighted by atomic mass is 10.2. The molecule has 5 heteroatoms. The highest BCUT2D eigenvalue weighted by atomic mass is 16.5. The SMILES string of the molecule is COCC(C(=O)O)N1CCCOCC1. The molecule has 1 N–H and O–H groups in total. The van der Waals surface area contributed by atoms with Gasteiger partial charge in [0, 0.05) is 26.8 Å². The highest BCUT2D eigenvalue weighted by Crippen LogP contribution is 2.05. The van der Waals surface area contributed by atoms with Crippen molar-refractivity contribution in [1.29, 1.82) is 0 Å². The molecule has 0 aromatic rings. The fraction of sp³-hybridized carbons (Fsp3) is 0.889. The van der Waals surface area contributed by atoms with E-state index in [-0.39, 0.29) is 6.61 Å². The summed E-state index contributed by atoms with van der Waals surface area (Å²) in [7, 11) is 1.52. The number of aliphatic carboxylic acids is 1. The minimum Gasteiger partial charge on any atom is -0.480 e. The molecule has 82 valence electrons. The van der Waals surface area contributed by atoms with Gasteiger partial charge in [-0.05, 0) is 6.42 Å². The topological polar surface area (TPSA) is 59.0 Å². The first kappa shape index (κ1) is 11.4. The van der Waals surface area contributed by atoms with Crippen molar-refractivity contribution in [3.8, 4) is 0 Å². The van der Waals surface area contributed by atoms with Gasteiger partial charge < -0.3 is 14.6 Å². The van der Waals surface area contributed by atoms with Crippen molar-refractivity contribution in [2.45, 2.75) is 12.5 Å². The average Bonchev–Trinajstić information content (AvgIpc) is 2.41. The van der Waals surface area contributed by atoms with E-state index in [1.807, 2.05) is 4.90 Å². The highest BCUT2D eigenvalue weighted by molar-refractivity contribution is 5.73. The summed E-state index contributed by atoms with van der Waals surface area (Å²) < 4.78 is 10.2. The first-order valence-corrected chi connectivity index (χ1v) is 4.79. The van der Waals surface area contributed by atoms with Crippen LogP contribution in [0, 0.1) is 0 Å². The Kier molecular flexibility index (Phi) is 4.86. The van der Waals surface area contributed by atoms with Gasteiger partial charge in [-0.25, -0.2) is 0 Å². The third-order valence-corrected chi connectivity index (χ3v) is 2.31. The van der Waals surface area contributed by atoms with E-state index in [0.29, 0.717) is 13.2 Å². The summed E-state index contributed by atoms with van der Waals surface area (Å²) >= 11 is 0. The summed E-state index contributed by atoms with van der Waals surface area (Å²) in [4.78, 5) is 12.8. The molecule has 1 atom stereocenters. The first-order chi connectivity index (χ1) is 6.75. The standard InChI is InChI=1S/C9H17NO4/c1-13-7-8(9(11)12)10-3-2-5-14-6-4-10/h8H,2-7H2,1H3,(H,11,12). The Morgan fingerprint density at radius 1 is 1.57 bits per heavy atom. The Hall–Kier alpha value is -0.650. The van der Waals surface area contributed by atoms with Gasteiger partial charge in [0.1, 0.15) is 6.04 Å². The molecule has 1 unspecified atom stereocenters. The van der Waals surface area contributed by atoms with Gasteiger partial charge in [0.2, 0.25) is 0 Å². The predicted molar refractivity (Wildman–Crippen MR) is 50.3 cm³/mol. The van der Waals surface area contributed by atoms with E-state index in [4.69, 9.17) is 14.6 Å². The van der Waals surface area contributed by atoms with Crippen LogP contribution < -0.4 is 0 Å². The van der Waals surface area contributed by atoms with E-state index in [1.54, 1.807) is 0 Å². The van der Waals surface area contributed by atoms with Crippen molar-refractivity contribution < 1.29 is 19.4 Å². The molecule has 1 fully saturated rings. The fourth-order valence-electron chi connectivity index (χ4n) is 1.57. The fourth-order valence-corrected chi connectivity index (χ4v) is 1.57. The Bertz CT molecular complexity index is 178. The summed E-state index contributed by atoms with van der Waals surface area (Å²) in [5.74, 6) is -0.825. The van der Waals surface area contributed by atoms with Crippen LogP contribution in [0.15, 0.2) is 0 Å². The van der Waals surface area contributed by atoms with Crippen LogP contribution in [0.3, 0.4) is 0 Å². The number of hydrogen-bond donors (Lipinski definition) is 1. The normalized spacial score (nSPS) is 21.5. The molecule has 14 heavy (non-hydrogen) atoms. The van der Waals surface area contributed by atoms with Gasteiger partial charge >= 0.3 is 5.97 Å². The predicted octanol–water partition coefficient (Wildman–Crippen LogP) is -0.192. The maximum Gasteiger partial charge on any atom is 0.323 e. The summed E-state index contributed by atoms with van der Waals surface area (Å²) in [6, 6.07) is -0.540. The number of methoxy groups -OCH3 is 1. The zero-order valence-corrected chi connectivity index (χ0v) is 8.44. The van der Waals surface area contributed by atoms with Crippen LogP contribution in [0.5, 0.6) is 0 Å². The minimum atomic E-state index is -0.825. The molecule has 0 radical (unpaired) electrons. The Labute approximate surface area is 83.6 Å². The molecule has 1 saturated heterocycles. The Morgan fingerprint density at radius 3 is 3.00 bits per heavy atom. The Morgan fingerprint density at radius 2 is 2.36 bits per heavy atom.